The Balaban J connectivity index is 2.28. The second kappa shape index (κ2) is 4.28. The first-order valence-electron chi connectivity index (χ1n) is 5.83. The van der Waals surface area contributed by atoms with Gasteiger partial charge in [-0.05, 0) is 18.8 Å². The summed E-state index contributed by atoms with van der Waals surface area (Å²) in [4.78, 5) is 12.2. The Labute approximate surface area is 95.6 Å². The van der Waals surface area contributed by atoms with Crippen LogP contribution in [0.4, 0.5) is 0 Å². The number of Topliss-reactive ketones (excluding diaryl/α,β-unsaturated/α-hetero) is 1. The van der Waals surface area contributed by atoms with Crippen molar-refractivity contribution in [2.75, 3.05) is 7.11 Å². The molecule has 0 bridgehead atoms. The Kier molecular flexibility index (Phi) is 2.99. The van der Waals surface area contributed by atoms with Crippen LogP contribution >= 0.6 is 0 Å². The lowest BCUT2D eigenvalue weighted by atomic mass is 10.1. The number of ketones is 1. The molecular formula is C12H18N2O2. The summed E-state index contributed by atoms with van der Waals surface area (Å²) in [5, 5.41) is 4.20. The zero-order valence-electron chi connectivity index (χ0n) is 10.1. The van der Waals surface area contributed by atoms with Crippen molar-refractivity contribution < 1.29 is 9.53 Å². The van der Waals surface area contributed by atoms with Crippen molar-refractivity contribution in [3.63, 3.8) is 0 Å². The lowest BCUT2D eigenvalue weighted by Gasteiger charge is -2.06. The van der Waals surface area contributed by atoms with Crippen molar-refractivity contribution in [3.8, 4) is 5.75 Å². The smallest absolute Gasteiger partial charge is 0.188 e. The van der Waals surface area contributed by atoms with Crippen molar-refractivity contribution in [1.29, 1.82) is 0 Å². The molecule has 1 aromatic heterocycles. The van der Waals surface area contributed by atoms with Crippen LogP contribution in [0.1, 0.15) is 37.2 Å². The number of ether oxygens (including phenoxy) is 1. The molecule has 88 valence electrons. The van der Waals surface area contributed by atoms with E-state index in [9.17, 15) is 4.79 Å². The van der Waals surface area contributed by atoms with Crippen molar-refractivity contribution in [3.05, 3.63) is 11.9 Å². The summed E-state index contributed by atoms with van der Waals surface area (Å²) in [6, 6.07) is 0. The van der Waals surface area contributed by atoms with Gasteiger partial charge in [-0.2, -0.15) is 5.10 Å². The van der Waals surface area contributed by atoms with Gasteiger partial charge < -0.3 is 4.74 Å². The quantitative estimate of drug-likeness (QED) is 0.717. The van der Waals surface area contributed by atoms with Gasteiger partial charge in [-0.15, -0.1) is 0 Å². The van der Waals surface area contributed by atoms with Gasteiger partial charge in [0.1, 0.15) is 5.69 Å². The minimum atomic E-state index is 0.182. The van der Waals surface area contributed by atoms with Gasteiger partial charge in [-0.3, -0.25) is 9.48 Å². The summed E-state index contributed by atoms with van der Waals surface area (Å²) >= 11 is 0. The first kappa shape index (κ1) is 11.2. The summed E-state index contributed by atoms with van der Waals surface area (Å²) in [5.41, 5.74) is 0.652. The van der Waals surface area contributed by atoms with E-state index in [2.05, 4.69) is 18.9 Å². The van der Waals surface area contributed by atoms with Crippen molar-refractivity contribution in [2.24, 2.45) is 11.8 Å². The van der Waals surface area contributed by atoms with E-state index in [1.807, 2.05) is 0 Å². The van der Waals surface area contributed by atoms with Gasteiger partial charge >= 0.3 is 0 Å². The fourth-order valence-corrected chi connectivity index (χ4v) is 2.01. The molecule has 2 rings (SSSR count). The molecule has 1 aliphatic carbocycles. The summed E-state index contributed by atoms with van der Waals surface area (Å²) in [7, 11) is 1.58. The van der Waals surface area contributed by atoms with Gasteiger partial charge in [-0.1, -0.05) is 13.8 Å². The van der Waals surface area contributed by atoms with Gasteiger partial charge in [0.15, 0.2) is 11.5 Å². The lowest BCUT2D eigenvalue weighted by Crippen LogP contribution is -2.13. The average Bonchev–Trinajstić information content (AvgIpc) is 2.86. The second-order valence-corrected chi connectivity index (χ2v) is 4.47. The van der Waals surface area contributed by atoms with Crippen molar-refractivity contribution in [2.45, 2.75) is 33.2 Å². The molecule has 4 heteroatoms. The Hall–Kier alpha value is -1.32. The van der Waals surface area contributed by atoms with E-state index in [-0.39, 0.29) is 11.7 Å². The second-order valence-electron chi connectivity index (χ2n) is 4.47. The van der Waals surface area contributed by atoms with Crippen LogP contribution in [-0.2, 0) is 6.54 Å². The number of carbonyl (C=O) groups excluding carboxylic acids is 1. The van der Waals surface area contributed by atoms with Crippen LogP contribution in [0.2, 0.25) is 0 Å². The van der Waals surface area contributed by atoms with Gasteiger partial charge in [-0.25, -0.2) is 0 Å². The molecule has 1 aliphatic rings. The highest BCUT2D eigenvalue weighted by Gasteiger charge is 2.41. The van der Waals surface area contributed by atoms with Crippen LogP contribution in [0.25, 0.3) is 0 Å². The maximum Gasteiger partial charge on any atom is 0.188 e. The highest BCUT2D eigenvalue weighted by molar-refractivity contribution is 6.00. The molecular weight excluding hydrogens is 204 g/mol. The standard InChI is InChI=1S/C12H18N2O2/c1-4-5-14-11(10(16-3)7-13-14)12(15)9-6-8(9)2/h7-9H,4-6H2,1-3H3. The number of hydrogen-bond donors (Lipinski definition) is 0. The first-order chi connectivity index (χ1) is 7.69. The Bertz CT molecular complexity index is 398. The summed E-state index contributed by atoms with van der Waals surface area (Å²) in [6.07, 6.45) is 3.60. The molecule has 1 heterocycles. The van der Waals surface area contributed by atoms with Gasteiger partial charge in [0, 0.05) is 12.5 Å². The zero-order valence-corrected chi connectivity index (χ0v) is 10.1. The van der Waals surface area contributed by atoms with Crippen LogP contribution in [-0.4, -0.2) is 22.7 Å². The molecule has 0 N–H and O–H groups in total. The van der Waals surface area contributed by atoms with Gasteiger partial charge in [0.25, 0.3) is 0 Å². The Morgan fingerprint density at radius 1 is 1.69 bits per heavy atom. The number of aromatic nitrogens is 2. The van der Waals surface area contributed by atoms with Gasteiger partial charge in [0.2, 0.25) is 0 Å². The van der Waals surface area contributed by atoms with E-state index in [0.29, 0.717) is 17.4 Å². The number of aryl methyl sites for hydroxylation is 1. The predicted molar refractivity (Wildman–Crippen MR) is 60.7 cm³/mol. The Morgan fingerprint density at radius 3 is 2.88 bits per heavy atom. The number of nitrogens with zero attached hydrogens (tertiary/aromatic N) is 2. The minimum Gasteiger partial charge on any atom is -0.493 e. The monoisotopic (exact) mass is 222 g/mol. The molecule has 1 fully saturated rings. The maximum atomic E-state index is 12.2. The van der Waals surface area contributed by atoms with Crippen molar-refractivity contribution in [1.82, 2.24) is 9.78 Å². The largest absolute Gasteiger partial charge is 0.493 e. The van der Waals surface area contributed by atoms with Crippen molar-refractivity contribution >= 4 is 5.78 Å². The molecule has 1 aromatic rings. The fraction of sp³-hybridized carbons (Fsp3) is 0.667. The average molecular weight is 222 g/mol. The highest BCUT2D eigenvalue weighted by Crippen LogP contribution is 2.41. The van der Waals surface area contributed by atoms with Crippen LogP contribution in [0.5, 0.6) is 5.75 Å². The topological polar surface area (TPSA) is 44.1 Å². The third-order valence-electron chi connectivity index (χ3n) is 3.14. The van der Waals surface area contributed by atoms with E-state index in [1.165, 1.54) is 0 Å². The molecule has 0 aromatic carbocycles. The third-order valence-corrected chi connectivity index (χ3v) is 3.14. The first-order valence-corrected chi connectivity index (χ1v) is 5.83. The number of carbonyl (C=O) groups is 1. The van der Waals surface area contributed by atoms with Crippen LogP contribution in [0, 0.1) is 11.8 Å². The molecule has 2 atom stereocenters. The molecule has 0 saturated heterocycles. The molecule has 16 heavy (non-hydrogen) atoms. The molecule has 0 amide bonds. The summed E-state index contributed by atoms with van der Waals surface area (Å²) in [6.45, 7) is 4.95. The molecule has 4 nitrogen and oxygen atoms in total. The molecule has 1 saturated carbocycles. The van der Waals surface area contributed by atoms with E-state index in [4.69, 9.17) is 4.74 Å². The highest BCUT2D eigenvalue weighted by atomic mass is 16.5. The van der Waals surface area contributed by atoms with E-state index >= 15 is 0 Å². The lowest BCUT2D eigenvalue weighted by molar-refractivity contribution is 0.0948. The molecule has 0 aliphatic heterocycles. The van der Waals surface area contributed by atoms with Crippen LogP contribution in [0.3, 0.4) is 0 Å². The van der Waals surface area contributed by atoms with Gasteiger partial charge in [0.05, 0.1) is 13.3 Å². The third kappa shape index (κ3) is 1.84. The maximum absolute atomic E-state index is 12.2. The van der Waals surface area contributed by atoms with E-state index in [0.717, 1.165) is 19.4 Å². The number of hydrogen-bond acceptors (Lipinski definition) is 3. The van der Waals surface area contributed by atoms with Crippen LogP contribution < -0.4 is 4.74 Å². The van der Waals surface area contributed by atoms with E-state index < -0.39 is 0 Å². The Morgan fingerprint density at radius 2 is 2.38 bits per heavy atom. The molecule has 0 radical (unpaired) electrons. The predicted octanol–water partition coefficient (Wildman–Crippen LogP) is 2.14. The minimum absolute atomic E-state index is 0.182. The van der Waals surface area contributed by atoms with E-state index in [1.54, 1.807) is 18.0 Å². The summed E-state index contributed by atoms with van der Waals surface area (Å²) in [5.74, 6) is 1.50. The number of methoxy groups -OCH3 is 1. The normalized spacial score (nSPS) is 23.2. The molecule has 2 unspecified atom stereocenters. The zero-order chi connectivity index (χ0) is 11.7. The fourth-order valence-electron chi connectivity index (χ4n) is 2.01. The van der Waals surface area contributed by atoms with Crippen LogP contribution in [0.15, 0.2) is 6.20 Å². The SMILES string of the molecule is CCCn1ncc(OC)c1C(=O)C1CC1C. The molecule has 0 spiro atoms. The summed E-state index contributed by atoms with van der Waals surface area (Å²) < 4.78 is 6.97. The number of rotatable bonds is 5.